The van der Waals surface area contributed by atoms with Crippen LogP contribution in [0.4, 0.5) is 0 Å². The SMILES string of the molecule is CC1(C)c2ccccc2-c2ccc3c(c21)c1ccccc1n3-c1ccccc1-c1cc(-c2nc(-c3ccccc3)cc(-c3ccccc3)n2)ccc1-n1c2ccccc2c2c3c(ccc21)-c1ccccc1C3(C)C. The van der Waals surface area contributed by atoms with Crippen LogP contribution in [-0.4, -0.2) is 19.1 Å². The third kappa shape index (κ3) is 5.97. The molecule has 74 heavy (non-hydrogen) atoms. The van der Waals surface area contributed by atoms with Gasteiger partial charge in [0.15, 0.2) is 5.82 Å². The van der Waals surface area contributed by atoms with E-state index in [-0.39, 0.29) is 10.8 Å². The highest BCUT2D eigenvalue weighted by Crippen LogP contribution is 2.56. The normalized spacial score (nSPS) is 13.9. The van der Waals surface area contributed by atoms with Crippen molar-refractivity contribution in [3.05, 3.63) is 253 Å². The first-order valence-corrected chi connectivity index (χ1v) is 25.8. The zero-order chi connectivity index (χ0) is 49.5. The molecule has 0 spiro atoms. The van der Waals surface area contributed by atoms with Crippen molar-refractivity contribution in [3.63, 3.8) is 0 Å². The van der Waals surface area contributed by atoms with Gasteiger partial charge in [-0.25, -0.2) is 9.97 Å². The molecule has 2 aliphatic carbocycles. The van der Waals surface area contributed by atoms with Crippen LogP contribution in [0.3, 0.4) is 0 Å². The number of hydrogen-bond donors (Lipinski definition) is 0. The Hall–Kier alpha value is -9.12. The molecule has 0 N–H and O–H groups in total. The summed E-state index contributed by atoms with van der Waals surface area (Å²) in [6.45, 7) is 9.59. The van der Waals surface area contributed by atoms with Gasteiger partial charge in [-0.3, -0.25) is 0 Å². The molecule has 0 aliphatic heterocycles. The lowest BCUT2D eigenvalue weighted by Crippen LogP contribution is -2.15. The van der Waals surface area contributed by atoms with E-state index in [0.717, 1.165) is 56.1 Å². The van der Waals surface area contributed by atoms with Crippen LogP contribution >= 0.6 is 0 Å². The highest BCUT2D eigenvalue weighted by Gasteiger charge is 2.40. The molecule has 350 valence electrons. The Bertz CT molecular complexity index is 4420. The van der Waals surface area contributed by atoms with Gasteiger partial charge in [-0.15, -0.1) is 0 Å². The molecular weight excluding hydrogens is 897 g/mol. The largest absolute Gasteiger partial charge is 0.309 e. The second-order valence-electron chi connectivity index (χ2n) is 21.3. The van der Waals surface area contributed by atoms with Gasteiger partial charge in [-0.05, 0) is 99.1 Å². The molecule has 0 radical (unpaired) electrons. The van der Waals surface area contributed by atoms with Crippen LogP contribution < -0.4 is 0 Å². The summed E-state index contributed by atoms with van der Waals surface area (Å²) in [6.07, 6.45) is 0. The molecule has 0 saturated heterocycles. The second kappa shape index (κ2) is 15.7. The lowest BCUT2D eigenvalue weighted by Gasteiger charge is -2.23. The second-order valence-corrected chi connectivity index (χ2v) is 21.3. The monoisotopic (exact) mass is 946 g/mol. The summed E-state index contributed by atoms with van der Waals surface area (Å²) in [4.78, 5) is 10.8. The Kier molecular flexibility index (Phi) is 9.02. The van der Waals surface area contributed by atoms with Gasteiger partial charge < -0.3 is 9.13 Å². The maximum Gasteiger partial charge on any atom is 0.160 e. The summed E-state index contributed by atoms with van der Waals surface area (Å²) in [5.41, 5.74) is 24.3. The van der Waals surface area contributed by atoms with E-state index in [1.165, 1.54) is 82.6 Å². The van der Waals surface area contributed by atoms with Crippen molar-refractivity contribution in [1.29, 1.82) is 0 Å². The lowest BCUT2D eigenvalue weighted by molar-refractivity contribution is 0.666. The van der Waals surface area contributed by atoms with Gasteiger partial charge in [-0.1, -0.05) is 204 Å². The van der Waals surface area contributed by atoms with Gasteiger partial charge in [0.05, 0.1) is 44.8 Å². The predicted octanol–water partition coefficient (Wildman–Crippen LogP) is 18.0. The Morgan fingerprint density at radius 1 is 0.311 bits per heavy atom. The minimum Gasteiger partial charge on any atom is -0.309 e. The first kappa shape index (κ1) is 42.6. The fourth-order valence-electron chi connectivity index (χ4n) is 13.3. The predicted molar refractivity (Wildman–Crippen MR) is 308 cm³/mol. The van der Waals surface area contributed by atoms with Crippen LogP contribution in [0.2, 0.25) is 0 Å². The smallest absolute Gasteiger partial charge is 0.160 e. The van der Waals surface area contributed by atoms with E-state index in [1.54, 1.807) is 0 Å². The van der Waals surface area contributed by atoms with Crippen molar-refractivity contribution in [2.45, 2.75) is 38.5 Å². The van der Waals surface area contributed by atoms with Crippen molar-refractivity contribution in [3.8, 4) is 78.7 Å². The van der Waals surface area contributed by atoms with Crippen molar-refractivity contribution < 1.29 is 0 Å². The van der Waals surface area contributed by atoms with Crippen molar-refractivity contribution in [2.24, 2.45) is 0 Å². The highest BCUT2D eigenvalue weighted by molar-refractivity contribution is 6.16. The van der Waals surface area contributed by atoms with E-state index < -0.39 is 0 Å². The average Bonchev–Trinajstić information content (AvgIpc) is 4.17. The molecule has 0 fully saturated rings. The molecule has 4 heteroatoms. The average molecular weight is 947 g/mol. The van der Waals surface area contributed by atoms with Crippen LogP contribution in [0, 0.1) is 0 Å². The topological polar surface area (TPSA) is 35.6 Å². The minimum atomic E-state index is -0.204. The number of rotatable bonds is 6. The molecule has 0 atom stereocenters. The molecule has 4 nitrogen and oxygen atoms in total. The van der Waals surface area contributed by atoms with Gasteiger partial charge in [0.2, 0.25) is 0 Å². The molecule has 3 aromatic heterocycles. The number of para-hydroxylation sites is 3. The molecule has 0 saturated carbocycles. The van der Waals surface area contributed by atoms with Crippen LogP contribution in [0.1, 0.15) is 49.9 Å². The molecule has 0 amide bonds. The summed E-state index contributed by atoms with van der Waals surface area (Å²) in [7, 11) is 0. The standard InChI is InChI=1S/C70H50N4/c1-69(2)54-30-16-11-25-46(54)49-36-39-62-64(66(49)69)51-28-14-19-33-59(51)73(62)58-32-18-13-27-48(58)53-41-45(68-71-56(43-21-7-5-8-22-43)42-57(72-68)44-23-9-6-10-24-44)35-38-61(53)74-60-34-20-15-29-52(60)65-63(74)40-37-50-47-26-12-17-31-55(47)70(3,4)67(50)65/h5-42H,1-4H3. The quantitative estimate of drug-likeness (QED) is 0.166. The first-order chi connectivity index (χ1) is 36.3. The molecule has 0 unspecified atom stereocenters. The van der Waals surface area contributed by atoms with Gasteiger partial charge >= 0.3 is 0 Å². The molecular formula is C70H50N4. The van der Waals surface area contributed by atoms with Crippen LogP contribution in [0.15, 0.2) is 231 Å². The maximum atomic E-state index is 5.40. The van der Waals surface area contributed by atoms with Gasteiger partial charge in [0, 0.05) is 60.2 Å². The van der Waals surface area contributed by atoms with E-state index in [2.05, 4.69) is 267 Å². The molecule has 3 heterocycles. The van der Waals surface area contributed by atoms with Crippen molar-refractivity contribution in [2.75, 3.05) is 0 Å². The fourth-order valence-corrected chi connectivity index (χ4v) is 13.3. The number of fused-ring (bicyclic) bond motifs is 14. The zero-order valence-corrected chi connectivity index (χ0v) is 41.7. The Morgan fingerprint density at radius 2 is 0.743 bits per heavy atom. The maximum absolute atomic E-state index is 5.40. The van der Waals surface area contributed by atoms with Gasteiger partial charge in [0.25, 0.3) is 0 Å². The molecule has 10 aromatic carbocycles. The third-order valence-corrected chi connectivity index (χ3v) is 16.5. The number of benzene rings is 10. The van der Waals surface area contributed by atoms with Gasteiger partial charge in [0.1, 0.15) is 0 Å². The van der Waals surface area contributed by atoms with Crippen molar-refractivity contribution >= 4 is 43.6 Å². The zero-order valence-electron chi connectivity index (χ0n) is 41.7. The third-order valence-electron chi connectivity index (χ3n) is 16.5. The molecule has 0 bridgehead atoms. The summed E-state index contributed by atoms with van der Waals surface area (Å²) in [6, 6.07) is 84.4. The van der Waals surface area contributed by atoms with Crippen LogP contribution in [0.25, 0.3) is 122 Å². The number of aromatic nitrogens is 4. The molecule has 13 aromatic rings. The Balaban J connectivity index is 1.03. The minimum absolute atomic E-state index is 0.194. The highest BCUT2D eigenvalue weighted by atomic mass is 15.0. The number of hydrogen-bond acceptors (Lipinski definition) is 2. The van der Waals surface area contributed by atoms with Gasteiger partial charge in [-0.2, -0.15) is 0 Å². The summed E-state index contributed by atoms with van der Waals surface area (Å²) in [5, 5.41) is 5.11. The summed E-state index contributed by atoms with van der Waals surface area (Å²) in [5.74, 6) is 0.671. The van der Waals surface area contributed by atoms with E-state index >= 15 is 0 Å². The Morgan fingerprint density at radius 3 is 1.27 bits per heavy atom. The van der Waals surface area contributed by atoms with E-state index in [1.807, 2.05) is 0 Å². The van der Waals surface area contributed by atoms with Crippen molar-refractivity contribution in [1.82, 2.24) is 19.1 Å². The fraction of sp³-hybridized carbons (Fsp3) is 0.0857. The molecule has 15 rings (SSSR count). The summed E-state index contributed by atoms with van der Waals surface area (Å²) >= 11 is 0. The first-order valence-electron chi connectivity index (χ1n) is 25.8. The van der Waals surface area contributed by atoms with E-state index in [0.29, 0.717) is 5.82 Å². The van der Waals surface area contributed by atoms with Crippen LogP contribution in [0.5, 0.6) is 0 Å². The number of nitrogens with zero attached hydrogens (tertiary/aromatic N) is 4. The summed E-state index contributed by atoms with van der Waals surface area (Å²) < 4.78 is 5.05. The Labute approximate surface area is 430 Å². The van der Waals surface area contributed by atoms with Crippen LogP contribution in [-0.2, 0) is 10.8 Å². The van der Waals surface area contributed by atoms with E-state index in [9.17, 15) is 0 Å². The lowest BCUT2D eigenvalue weighted by atomic mass is 9.80. The van der Waals surface area contributed by atoms with E-state index in [4.69, 9.17) is 9.97 Å². The molecule has 2 aliphatic rings.